The summed E-state index contributed by atoms with van der Waals surface area (Å²) in [6, 6.07) is 0. The monoisotopic (exact) mass is 244 g/mol. The van der Waals surface area contributed by atoms with Crippen LogP contribution in [0.4, 0.5) is 0 Å². The Bertz CT molecular complexity index is 285. The molecule has 0 N–H and O–H groups in total. The van der Waals surface area contributed by atoms with Crippen LogP contribution in [0.5, 0.6) is 0 Å². The number of hydrogen-bond acceptors (Lipinski definition) is 5. The zero-order valence-corrected chi connectivity index (χ0v) is 10.8. The van der Waals surface area contributed by atoms with Crippen LogP contribution < -0.4 is 0 Å². The van der Waals surface area contributed by atoms with Crippen molar-refractivity contribution in [1.82, 2.24) is 0 Å². The van der Waals surface area contributed by atoms with Crippen molar-refractivity contribution in [1.29, 1.82) is 0 Å². The van der Waals surface area contributed by atoms with Crippen LogP contribution in [-0.4, -0.2) is 24.5 Å². The molecule has 5 nitrogen and oxygen atoms in total. The van der Waals surface area contributed by atoms with Crippen LogP contribution in [0.15, 0.2) is 0 Å². The van der Waals surface area contributed by atoms with Crippen molar-refractivity contribution in [3.05, 3.63) is 0 Å². The van der Waals surface area contributed by atoms with Crippen LogP contribution in [0.1, 0.15) is 40.5 Å². The van der Waals surface area contributed by atoms with Gasteiger partial charge < -0.3 is 14.3 Å². The van der Waals surface area contributed by atoms with E-state index in [-0.39, 0.29) is 30.9 Å². The lowest BCUT2D eigenvalue weighted by molar-refractivity contribution is -0.172. The number of ketones is 1. The molecule has 0 aromatic heterocycles. The Labute approximate surface area is 101 Å². The molecule has 0 saturated carbocycles. The summed E-state index contributed by atoms with van der Waals surface area (Å²) in [5, 5.41) is 0. The summed E-state index contributed by atoms with van der Waals surface area (Å²) < 4.78 is 9.49. The average Bonchev–Trinajstić information content (AvgIpc) is 2.26. The quantitative estimate of drug-likeness (QED) is 0.503. The highest BCUT2D eigenvalue weighted by atomic mass is 16.7. The minimum Gasteiger partial charge on any atom is -0.428 e. The Kier molecular flexibility index (Phi) is 7.18. The van der Waals surface area contributed by atoms with E-state index in [1.807, 2.05) is 6.92 Å². The molecule has 0 rings (SSSR count). The molecule has 2 atom stereocenters. The number of carbonyl (C=O) groups excluding carboxylic acids is 3. The Morgan fingerprint density at radius 3 is 1.88 bits per heavy atom. The lowest BCUT2D eigenvalue weighted by Gasteiger charge is -2.12. The number of carbonyl (C=O) groups is 3. The molecule has 0 amide bonds. The Hall–Kier alpha value is -1.39. The van der Waals surface area contributed by atoms with Gasteiger partial charge in [0.25, 0.3) is 0 Å². The predicted molar refractivity (Wildman–Crippen MR) is 61.0 cm³/mol. The summed E-state index contributed by atoms with van der Waals surface area (Å²) in [6.07, 6.45) is 0.811. The number of ether oxygens (including phenoxy) is 2. The minimum absolute atomic E-state index is 0.0777. The van der Waals surface area contributed by atoms with Crippen LogP contribution in [0.2, 0.25) is 0 Å². The topological polar surface area (TPSA) is 69.7 Å². The summed E-state index contributed by atoms with van der Waals surface area (Å²) >= 11 is 0. The second kappa shape index (κ2) is 7.81. The Morgan fingerprint density at radius 2 is 1.47 bits per heavy atom. The smallest absolute Gasteiger partial charge is 0.311 e. The second-order valence-electron chi connectivity index (χ2n) is 4.16. The van der Waals surface area contributed by atoms with Gasteiger partial charge >= 0.3 is 11.9 Å². The van der Waals surface area contributed by atoms with Crippen molar-refractivity contribution in [2.45, 2.75) is 40.5 Å². The van der Waals surface area contributed by atoms with Gasteiger partial charge in [0.15, 0.2) is 0 Å². The molecule has 0 radical (unpaired) electrons. The molecule has 0 spiro atoms. The van der Waals surface area contributed by atoms with E-state index in [4.69, 9.17) is 9.47 Å². The summed E-state index contributed by atoms with van der Waals surface area (Å²) in [6.45, 7) is 6.23. The molecule has 0 heterocycles. The van der Waals surface area contributed by atoms with E-state index in [1.54, 1.807) is 13.8 Å². The SMILES string of the molecule is CCC(C)C(=O)OCOC(=O)C(C)CC(C)=O. The molecule has 0 aromatic carbocycles. The van der Waals surface area contributed by atoms with Crippen molar-refractivity contribution in [2.24, 2.45) is 11.8 Å². The molecule has 5 heteroatoms. The van der Waals surface area contributed by atoms with E-state index in [1.165, 1.54) is 6.92 Å². The van der Waals surface area contributed by atoms with E-state index in [0.29, 0.717) is 6.42 Å². The molecular weight excluding hydrogens is 224 g/mol. The second-order valence-corrected chi connectivity index (χ2v) is 4.16. The zero-order valence-electron chi connectivity index (χ0n) is 10.8. The maximum Gasteiger partial charge on any atom is 0.311 e. The van der Waals surface area contributed by atoms with Gasteiger partial charge in [0, 0.05) is 6.42 Å². The van der Waals surface area contributed by atoms with Gasteiger partial charge in [0.05, 0.1) is 11.8 Å². The largest absolute Gasteiger partial charge is 0.428 e. The van der Waals surface area contributed by atoms with Crippen LogP contribution in [0.25, 0.3) is 0 Å². The lowest BCUT2D eigenvalue weighted by Crippen LogP contribution is -2.21. The van der Waals surface area contributed by atoms with Crippen molar-refractivity contribution in [3.8, 4) is 0 Å². The molecule has 0 fully saturated rings. The Morgan fingerprint density at radius 1 is 1.00 bits per heavy atom. The summed E-state index contributed by atoms with van der Waals surface area (Å²) in [7, 11) is 0. The third-order valence-corrected chi connectivity index (χ3v) is 2.41. The van der Waals surface area contributed by atoms with E-state index >= 15 is 0 Å². The van der Waals surface area contributed by atoms with Gasteiger partial charge in [-0.05, 0) is 13.3 Å². The summed E-state index contributed by atoms with van der Waals surface area (Å²) in [4.78, 5) is 33.3. The molecule has 0 aliphatic carbocycles. The Balaban J connectivity index is 3.85. The third kappa shape index (κ3) is 6.71. The molecule has 0 aromatic rings. The first kappa shape index (κ1) is 15.6. The van der Waals surface area contributed by atoms with Gasteiger partial charge in [0.1, 0.15) is 5.78 Å². The minimum atomic E-state index is -0.530. The van der Waals surface area contributed by atoms with Crippen LogP contribution in [0, 0.1) is 11.8 Å². The summed E-state index contributed by atoms with van der Waals surface area (Å²) in [5.41, 5.74) is 0. The molecule has 17 heavy (non-hydrogen) atoms. The normalized spacial score (nSPS) is 13.6. The predicted octanol–water partition coefficient (Wildman–Crippen LogP) is 1.69. The molecule has 0 aliphatic rings. The maximum atomic E-state index is 11.3. The van der Waals surface area contributed by atoms with E-state index < -0.39 is 11.9 Å². The first-order chi connectivity index (χ1) is 7.88. The van der Waals surface area contributed by atoms with Crippen molar-refractivity contribution in [2.75, 3.05) is 6.79 Å². The van der Waals surface area contributed by atoms with Gasteiger partial charge in [-0.2, -0.15) is 0 Å². The average molecular weight is 244 g/mol. The fourth-order valence-electron chi connectivity index (χ4n) is 1.11. The standard InChI is InChI=1S/C12H20O5/c1-5-8(2)11(14)16-7-17-12(15)9(3)6-10(4)13/h8-9H,5-7H2,1-4H3. The number of esters is 2. The van der Waals surface area contributed by atoms with Crippen LogP contribution in [0.3, 0.4) is 0 Å². The van der Waals surface area contributed by atoms with Crippen molar-refractivity contribution >= 4 is 17.7 Å². The van der Waals surface area contributed by atoms with Crippen LogP contribution >= 0.6 is 0 Å². The van der Waals surface area contributed by atoms with E-state index in [0.717, 1.165) is 0 Å². The lowest BCUT2D eigenvalue weighted by atomic mass is 10.1. The highest BCUT2D eigenvalue weighted by molar-refractivity contribution is 5.82. The molecule has 2 unspecified atom stereocenters. The van der Waals surface area contributed by atoms with Gasteiger partial charge in [0.2, 0.25) is 6.79 Å². The fourth-order valence-corrected chi connectivity index (χ4v) is 1.11. The molecule has 0 saturated heterocycles. The molecule has 0 aliphatic heterocycles. The van der Waals surface area contributed by atoms with E-state index in [9.17, 15) is 14.4 Å². The molecular formula is C12H20O5. The van der Waals surface area contributed by atoms with Gasteiger partial charge in [-0.3, -0.25) is 9.59 Å². The van der Waals surface area contributed by atoms with Gasteiger partial charge in [-0.15, -0.1) is 0 Å². The van der Waals surface area contributed by atoms with E-state index in [2.05, 4.69) is 0 Å². The molecule has 0 bridgehead atoms. The van der Waals surface area contributed by atoms with Crippen molar-refractivity contribution < 1.29 is 23.9 Å². The fraction of sp³-hybridized carbons (Fsp3) is 0.750. The van der Waals surface area contributed by atoms with Crippen molar-refractivity contribution in [3.63, 3.8) is 0 Å². The highest BCUT2D eigenvalue weighted by Gasteiger charge is 2.17. The third-order valence-electron chi connectivity index (χ3n) is 2.41. The maximum absolute atomic E-state index is 11.3. The number of rotatable bonds is 7. The highest BCUT2D eigenvalue weighted by Crippen LogP contribution is 2.06. The number of hydrogen-bond donors (Lipinski definition) is 0. The molecule has 98 valence electrons. The van der Waals surface area contributed by atoms with Crippen LogP contribution in [-0.2, 0) is 23.9 Å². The van der Waals surface area contributed by atoms with Gasteiger partial charge in [-0.25, -0.2) is 0 Å². The zero-order chi connectivity index (χ0) is 13.4. The first-order valence-electron chi connectivity index (χ1n) is 5.71. The number of Topliss-reactive ketones (excluding diaryl/α,β-unsaturated/α-hetero) is 1. The first-order valence-corrected chi connectivity index (χ1v) is 5.71. The summed E-state index contributed by atoms with van der Waals surface area (Å²) in [5.74, 6) is -1.71. The van der Waals surface area contributed by atoms with Gasteiger partial charge in [-0.1, -0.05) is 20.8 Å².